The van der Waals surface area contributed by atoms with Gasteiger partial charge in [-0.05, 0) is 72.1 Å². The molecule has 0 aliphatic carbocycles. The maximum atomic E-state index is 6.35. The van der Waals surface area contributed by atoms with Crippen molar-refractivity contribution >= 4 is 49.6 Å². The van der Waals surface area contributed by atoms with Crippen molar-refractivity contribution in [3.05, 3.63) is 158 Å². The molecule has 0 fully saturated rings. The second-order valence-electron chi connectivity index (χ2n) is 11.0. The van der Waals surface area contributed by atoms with E-state index in [9.17, 15) is 0 Å². The maximum absolute atomic E-state index is 6.35. The molecule has 0 saturated heterocycles. The zero-order valence-corrected chi connectivity index (χ0v) is 23.7. The SMILES string of the molecule is c1ccc(-n2c3ccccc3c3cc(N(c4ccc5c(c4)Oc4ccccc4O5)c4cccc5ccccc45)ccc32)cc1. The maximum Gasteiger partial charge on any atom is 0.172 e. The first-order valence-electron chi connectivity index (χ1n) is 14.8. The Kier molecular flexibility index (Phi) is 5.47. The van der Waals surface area contributed by atoms with Crippen molar-refractivity contribution in [3.63, 3.8) is 0 Å². The fraction of sp³-hybridized carbons (Fsp3) is 0. The average Bonchev–Trinajstić information content (AvgIpc) is 3.42. The summed E-state index contributed by atoms with van der Waals surface area (Å²) in [5.41, 5.74) is 6.62. The van der Waals surface area contributed by atoms with Gasteiger partial charge in [-0.1, -0.05) is 84.9 Å². The van der Waals surface area contributed by atoms with Gasteiger partial charge in [-0.15, -0.1) is 0 Å². The molecule has 0 radical (unpaired) electrons. The van der Waals surface area contributed by atoms with E-state index in [1.165, 1.54) is 27.1 Å². The Balaban J connectivity index is 1.28. The largest absolute Gasteiger partial charge is 0.450 e. The molecule has 1 aromatic heterocycles. The number of rotatable bonds is 4. The molecule has 0 spiro atoms. The highest BCUT2D eigenvalue weighted by Crippen LogP contribution is 2.49. The van der Waals surface area contributed by atoms with Crippen LogP contribution in [0.15, 0.2) is 158 Å². The Morgan fingerprint density at radius 2 is 1.02 bits per heavy atom. The smallest absolute Gasteiger partial charge is 0.172 e. The fourth-order valence-corrected chi connectivity index (χ4v) is 6.44. The normalized spacial score (nSPS) is 12.0. The van der Waals surface area contributed by atoms with Gasteiger partial charge in [0.2, 0.25) is 0 Å². The van der Waals surface area contributed by atoms with Crippen LogP contribution < -0.4 is 14.4 Å². The lowest BCUT2D eigenvalue weighted by molar-refractivity contribution is 0.360. The van der Waals surface area contributed by atoms with Gasteiger partial charge < -0.3 is 18.9 Å². The number of anilines is 3. The van der Waals surface area contributed by atoms with E-state index in [2.05, 4.69) is 137 Å². The molecule has 1 aliphatic rings. The number of aromatic nitrogens is 1. The Morgan fingerprint density at radius 3 is 1.89 bits per heavy atom. The van der Waals surface area contributed by atoms with Crippen molar-refractivity contribution in [1.29, 1.82) is 0 Å². The molecule has 1 aliphatic heterocycles. The van der Waals surface area contributed by atoms with Gasteiger partial charge in [0, 0.05) is 33.6 Å². The van der Waals surface area contributed by atoms with E-state index in [1.54, 1.807) is 0 Å². The van der Waals surface area contributed by atoms with Gasteiger partial charge in [0.05, 0.1) is 22.4 Å². The van der Waals surface area contributed by atoms with Crippen molar-refractivity contribution in [2.24, 2.45) is 0 Å². The van der Waals surface area contributed by atoms with Crippen LogP contribution in [0, 0.1) is 0 Å². The molecule has 4 heteroatoms. The zero-order chi connectivity index (χ0) is 29.0. The molecule has 0 saturated carbocycles. The van der Waals surface area contributed by atoms with Gasteiger partial charge in [0.25, 0.3) is 0 Å². The summed E-state index contributed by atoms with van der Waals surface area (Å²) in [6.45, 7) is 0. The summed E-state index contributed by atoms with van der Waals surface area (Å²) < 4.78 is 14.9. The number of hydrogen-bond acceptors (Lipinski definition) is 3. The third kappa shape index (κ3) is 3.85. The van der Waals surface area contributed by atoms with Crippen LogP contribution in [0.1, 0.15) is 0 Å². The van der Waals surface area contributed by atoms with E-state index in [-0.39, 0.29) is 0 Å². The molecular weight excluding hydrogens is 540 g/mol. The highest BCUT2D eigenvalue weighted by molar-refractivity contribution is 6.11. The molecule has 2 heterocycles. The molecule has 44 heavy (non-hydrogen) atoms. The van der Waals surface area contributed by atoms with Crippen molar-refractivity contribution in [2.45, 2.75) is 0 Å². The molecule has 0 N–H and O–H groups in total. The number of para-hydroxylation sites is 4. The summed E-state index contributed by atoms with van der Waals surface area (Å²) in [6.07, 6.45) is 0. The molecule has 8 aromatic rings. The van der Waals surface area contributed by atoms with Gasteiger partial charge in [-0.2, -0.15) is 0 Å². The van der Waals surface area contributed by atoms with Crippen LogP contribution in [0.3, 0.4) is 0 Å². The predicted molar refractivity (Wildman–Crippen MR) is 180 cm³/mol. The van der Waals surface area contributed by atoms with E-state index in [1.807, 2.05) is 30.3 Å². The molecule has 0 amide bonds. The summed E-state index contributed by atoms with van der Waals surface area (Å²) >= 11 is 0. The topological polar surface area (TPSA) is 26.6 Å². The van der Waals surface area contributed by atoms with Crippen LogP contribution in [0.5, 0.6) is 23.0 Å². The van der Waals surface area contributed by atoms with E-state index in [0.29, 0.717) is 17.2 Å². The predicted octanol–water partition coefficient (Wildman–Crippen LogP) is 11.3. The minimum absolute atomic E-state index is 0.688. The highest BCUT2D eigenvalue weighted by atomic mass is 16.6. The molecule has 9 rings (SSSR count). The summed E-state index contributed by atoms with van der Waals surface area (Å²) in [4.78, 5) is 2.32. The van der Waals surface area contributed by atoms with Crippen LogP contribution in [0.2, 0.25) is 0 Å². The van der Waals surface area contributed by atoms with Crippen LogP contribution in [0.25, 0.3) is 38.3 Å². The van der Waals surface area contributed by atoms with Crippen molar-refractivity contribution < 1.29 is 9.47 Å². The summed E-state index contributed by atoms with van der Waals surface area (Å²) in [5.74, 6) is 2.82. The Morgan fingerprint density at radius 1 is 0.409 bits per heavy atom. The highest BCUT2D eigenvalue weighted by Gasteiger charge is 2.23. The molecule has 7 aromatic carbocycles. The second kappa shape index (κ2) is 9.79. The Labute approximate surface area is 254 Å². The summed E-state index contributed by atoms with van der Waals surface area (Å²) in [6, 6.07) is 54.9. The van der Waals surface area contributed by atoms with Gasteiger partial charge in [0.1, 0.15) is 0 Å². The lowest BCUT2D eigenvalue weighted by atomic mass is 10.1. The molecule has 0 atom stereocenters. The first-order valence-corrected chi connectivity index (χ1v) is 14.8. The Bertz CT molecular complexity index is 2350. The van der Waals surface area contributed by atoms with E-state index in [4.69, 9.17) is 9.47 Å². The minimum atomic E-state index is 0.688. The van der Waals surface area contributed by atoms with E-state index >= 15 is 0 Å². The van der Waals surface area contributed by atoms with E-state index < -0.39 is 0 Å². The van der Waals surface area contributed by atoms with Crippen molar-refractivity contribution in [2.75, 3.05) is 4.90 Å². The average molecular weight is 567 g/mol. The Hall–Kier alpha value is -6.00. The summed E-state index contributed by atoms with van der Waals surface area (Å²) in [5, 5.41) is 4.76. The second-order valence-corrected chi connectivity index (χ2v) is 11.0. The quantitative estimate of drug-likeness (QED) is 0.212. The molecule has 4 nitrogen and oxygen atoms in total. The van der Waals surface area contributed by atoms with Gasteiger partial charge >= 0.3 is 0 Å². The molecule has 208 valence electrons. The molecular formula is C40H26N2O2. The number of ether oxygens (including phenoxy) is 2. The standard InChI is InChI=1S/C40H26N2O2/c1-2-13-28(14-3-1)42-35-17-7-6-16-32(35)33-25-29(21-23-36(33)42)41(34-18-10-12-27-11-4-5-15-31(27)34)30-22-24-39-40(26-30)44-38-20-9-8-19-37(38)43-39/h1-26H. The van der Waals surface area contributed by atoms with Crippen LogP contribution in [-0.2, 0) is 0 Å². The van der Waals surface area contributed by atoms with Crippen molar-refractivity contribution in [1.82, 2.24) is 4.57 Å². The third-order valence-corrected chi connectivity index (χ3v) is 8.41. The van der Waals surface area contributed by atoms with E-state index in [0.717, 1.165) is 34.0 Å². The number of nitrogens with zero attached hydrogens (tertiary/aromatic N) is 2. The lowest BCUT2D eigenvalue weighted by Crippen LogP contribution is -2.11. The minimum Gasteiger partial charge on any atom is -0.450 e. The third-order valence-electron chi connectivity index (χ3n) is 8.41. The van der Waals surface area contributed by atoms with Crippen LogP contribution >= 0.6 is 0 Å². The van der Waals surface area contributed by atoms with Gasteiger partial charge in [-0.25, -0.2) is 0 Å². The first-order chi connectivity index (χ1) is 21.8. The van der Waals surface area contributed by atoms with Gasteiger partial charge in [0.15, 0.2) is 23.0 Å². The zero-order valence-electron chi connectivity index (χ0n) is 23.7. The fourth-order valence-electron chi connectivity index (χ4n) is 6.44. The lowest BCUT2D eigenvalue weighted by Gasteiger charge is -2.28. The van der Waals surface area contributed by atoms with Crippen molar-refractivity contribution in [3.8, 4) is 28.7 Å². The number of hydrogen-bond donors (Lipinski definition) is 0. The summed E-state index contributed by atoms with van der Waals surface area (Å²) in [7, 11) is 0. The number of benzene rings is 7. The molecule has 0 unspecified atom stereocenters. The number of fused-ring (bicyclic) bond motifs is 6. The first kappa shape index (κ1) is 24.6. The van der Waals surface area contributed by atoms with Crippen LogP contribution in [0.4, 0.5) is 17.1 Å². The molecule has 0 bridgehead atoms. The van der Waals surface area contributed by atoms with Crippen LogP contribution in [-0.4, -0.2) is 4.57 Å². The van der Waals surface area contributed by atoms with Gasteiger partial charge in [-0.3, -0.25) is 0 Å². The monoisotopic (exact) mass is 566 g/mol.